The van der Waals surface area contributed by atoms with E-state index in [1.54, 1.807) is 16.9 Å². The predicted molar refractivity (Wildman–Crippen MR) is 70.1 cm³/mol. The number of aromatic nitrogens is 2. The van der Waals surface area contributed by atoms with Crippen LogP contribution in [0.15, 0.2) is 41.0 Å². The van der Waals surface area contributed by atoms with Crippen molar-refractivity contribution in [1.29, 1.82) is 0 Å². The van der Waals surface area contributed by atoms with Crippen molar-refractivity contribution in [3.05, 3.63) is 52.3 Å². The lowest BCUT2D eigenvalue weighted by molar-refractivity contribution is 0.102. The van der Waals surface area contributed by atoms with E-state index in [4.69, 9.17) is 0 Å². The number of carbonyl (C=O) groups is 1. The van der Waals surface area contributed by atoms with Gasteiger partial charge in [0.2, 0.25) is 5.78 Å². The van der Waals surface area contributed by atoms with E-state index >= 15 is 0 Å². The number of hydrogen-bond acceptors (Lipinski definition) is 2. The van der Waals surface area contributed by atoms with Crippen LogP contribution in [-0.2, 0) is 6.54 Å². The Morgan fingerprint density at radius 2 is 2.24 bits per heavy atom. The minimum Gasteiger partial charge on any atom is -0.287 e. The van der Waals surface area contributed by atoms with Gasteiger partial charge in [-0.3, -0.25) is 9.48 Å². The normalized spacial score (nSPS) is 10.5. The van der Waals surface area contributed by atoms with Crippen molar-refractivity contribution in [2.45, 2.75) is 19.9 Å². The molecule has 1 aromatic heterocycles. The van der Waals surface area contributed by atoms with Gasteiger partial charge in [-0.05, 0) is 24.6 Å². The van der Waals surface area contributed by atoms with Crippen molar-refractivity contribution in [2.24, 2.45) is 0 Å². The van der Waals surface area contributed by atoms with Crippen LogP contribution >= 0.6 is 15.9 Å². The van der Waals surface area contributed by atoms with Crippen LogP contribution in [0.5, 0.6) is 0 Å². The molecule has 0 aliphatic heterocycles. The number of rotatable bonds is 4. The van der Waals surface area contributed by atoms with E-state index in [9.17, 15) is 4.79 Å². The first-order valence-corrected chi connectivity index (χ1v) is 6.33. The highest BCUT2D eigenvalue weighted by molar-refractivity contribution is 9.10. The van der Waals surface area contributed by atoms with Gasteiger partial charge in [-0.25, -0.2) is 0 Å². The highest BCUT2D eigenvalue weighted by Crippen LogP contribution is 2.15. The van der Waals surface area contributed by atoms with Crippen molar-refractivity contribution in [3.63, 3.8) is 0 Å². The molecule has 0 saturated carbocycles. The molecule has 0 aliphatic rings. The van der Waals surface area contributed by atoms with Crippen LogP contribution in [0.3, 0.4) is 0 Å². The second-order valence-electron chi connectivity index (χ2n) is 3.78. The molecule has 3 nitrogen and oxygen atoms in total. The van der Waals surface area contributed by atoms with Gasteiger partial charge in [0.05, 0.1) is 0 Å². The van der Waals surface area contributed by atoms with Crippen LogP contribution in [0, 0.1) is 0 Å². The van der Waals surface area contributed by atoms with Gasteiger partial charge in [-0.15, -0.1) is 0 Å². The topological polar surface area (TPSA) is 34.9 Å². The Kier molecular flexibility index (Phi) is 3.74. The number of nitrogens with zero attached hydrogens (tertiary/aromatic N) is 2. The molecule has 17 heavy (non-hydrogen) atoms. The highest BCUT2D eigenvalue weighted by atomic mass is 79.9. The number of carbonyl (C=O) groups excluding carboxylic acids is 1. The van der Waals surface area contributed by atoms with E-state index in [2.05, 4.69) is 28.0 Å². The van der Waals surface area contributed by atoms with Crippen LogP contribution in [0.2, 0.25) is 0 Å². The molecule has 1 aromatic carbocycles. The first-order valence-electron chi connectivity index (χ1n) is 5.54. The van der Waals surface area contributed by atoms with Crippen LogP contribution in [0.25, 0.3) is 0 Å². The van der Waals surface area contributed by atoms with Gasteiger partial charge < -0.3 is 0 Å². The summed E-state index contributed by atoms with van der Waals surface area (Å²) >= 11 is 3.37. The lowest BCUT2D eigenvalue weighted by Gasteiger charge is -2.05. The zero-order valence-electron chi connectivity index (χ0n) is 9.56. The van der Waals surface area contributed by atoms with E-state index in [-0.39, 0.29) is 5.78 Å². The minimum atomic E-state index is 0.0113. The summed E-state index contributed by atoms with van der Waals surface area (Å²) in [5.41, 5.74) is 1.32. The molecule has 4 heteroatoms. The molecule has 0 radical (unpaired) electrons. The smallest absolute Gasteiger partial charge is 0.211 e. The van der Waals surface area contributed by atoms with E-state index in [0.29, 0.717) is 11.3 Å². The largest absolute Gasteiger partial charge is 0.287 e. The fraction of sp³-hybridized carbons (Fsp3) is 0.231. The molecule has 88 valence electrons. The second kappa shape index (κ2) is 5.27. The van der Waals surface area contributed by atoms with Crippen molar-refractivity contribution in [3.8, 4) is 0 Å². The third-order valence-corrected chi connectivity index (χ3v) is 2.96. The summed E-state index contributed by atoms with van der Waals surface area (Å²) in [4.78, 5) is 12.3. The van der Waals surface area contributed by atoms with Gasteiger partial charge in [0.25, 0.3) is 0 Å². The molecule has 0 amide bonds. The van der Waals surface area contributed by atoms with Crippen LogP contribution in [0.4, 0.5) is 0 Å². The molecule has 0 fully saturated rings. The van der Waals surface area contributed by atoms with E-state index in [1.165, 1.54) is 0 Å². The Labute approximate surface area is 109 Å². The number of hydrogen-bond donors (Lipinski definition) is 0. The van der Waals surface area contributed by atoms with Crippen LogP contribution < -0.4 is 0 Å². The monoisotopic (exact) mass is 292 g/mol. The summed E-state index contributed by atoms with van der Waals surface area (Å²) in [5.74, 6) is 0.0113. The lowest BCUT2D eigenvalue weighted by atomic mass is 10.1. The molecule has 1 heterocycles. The minimum absolute atomic E-state index is 0.0113. The summed E-state index contributed by atoms with van der Waals surface area (Å²) in [5, 5.41) is 4.16. The maximum atomic E-state index is 12.3. The fourth-order valence-corrected chi connectivity index (χ4v) is 2.09. The molecule has 2 aromatic rings. The van der Waals surface area contributed by atoms with E-state index in [0.717, 1.165) is 17.4 Å². The number of halogens is 1. The van der Waals surface area contributed by atoms with Gasteiger partial charge in [-0.1, -0.05) is 35.0 Å². The van der Waals surface area contributed by atoms with Gasteiger partial charge >= 0.3 is 0 Å². The number of ketones is 1. The van der Waals surface area contributed by atoms with E-state index in [1.807, 2.05) is 24.3 Å². The molecule has 0 saturated heterocycles. The summed E-state index contributed by atoms with van der Waals surface area (Å²) in [6.07, 6.45) is 2.63. The predicted octanol–water partition coefficient (Wildman–Crippen LogP) is 3.29. The Hall–Kier alpha value is -1.42. The molecule has 0 aliphatic carbocycles. The van der Waals surface area contributed by atoms with Gasteiger partial charge in [0, 0.05) is 22.8 Å². The highest BCUT2D eigenvalue weighted by Gasteiger charge is 2.13. The van der Waals surface area contributed by atoms with Crippen LogP contribution in [0.1, 0.15) is 29.4 Å². The van der Waals surface area contributed by atoms with Crippen molar-refractivity contribution in [1.82, 2.24) is 9.78 Å². The summed E-state index contributed by atoms with van der Waals surface area (Å²) < 4.78 is 2.66. The third kappa shape index (κ3) is 2.64. The van der Waals surface area contributed by atoms with Crippen molar-refractivity contribution >= 4 is 21.7 Å². The zero-order valence-corrected chi connectivity index (χ0v) is 11.1. The van der Waals surface area contributed by atoms with Crippen molar-refractivity contribution < 1.29 is 4.79 Å². The summed E-state index contributed by atoms with van der Waals surface area (Å²) in [6.45, 7) is 2.83. The first kappa shape index (κ1) is 12.0. The molecule has 0 spiro atoms. The van der Waals surface area contributed by atoms with Gasteiger partial charge in [0.15, 0.2) is 0 Å². The zero-order chi connectivity index (χ0) is 12.3. The average molecular weight is 293 g/mol. The third-order valence-electron chi connectivity index (χ3n) is 2.47. The van der Waals surface area contributed by atoms with Crippen LogP contribution in [-0.4, -0.2) is 15.6 Å². The standard InChI is InChI=1S/C13H13BrN2O/c1-2-8-16-12(6-7-15-16)13(17)10-4-3-5-11(14)9-10/h3-7,9H,2,8H2,1H3. The summed E-state index contributed by atoms with van der Waals surface area (Å²) in [6, 6.07) is 9.17. The molecular formula is C13H13BrN2O. The van der Waals surface area contributed by atoms with Gasteiger partial charge in [-0.2, -0.15) is 5.10 Å². The summed E-state index contributed by atoms with van der Waals surface area (Å²) in [7, 11) is 0. The van der Waals surface area contributed by atoms with Gasteiger partial charge in [0.1, 0.15) is 5.69 Å². The molecule has 0 unspecified atom stereocenters. The molecular weight excluding hydrogens is 280 g/mol. The Balaban J connectivity index is 2.33. The first-order chi connectivity index (χ1) is 8.22. The Morgan fingerprint density at radius 3 is 2.94 bits per heavy atom. The maximum Gasteiger partial charge on any atom is 0.211 e. The number of benzene rings is 1. The Morgan fingerprint density at radius 1 is 1.41 bits per heavy atom. The van der Waals surface area contributed by atoms with Crippen molar-refractivity contribution in [2.75, 3.05) is 0 Å². The maximum absolute atomic E-state index is 12.3. The second-order valence-corrected chi connectivity index (χ2v) is 4.69. The number of aryl methyl sites for hydroxylation is 1. The lowest BCUT2D eigenvalue weighted by Crippen LogP contribution is -2.11. The average Bonchev–Trinajstić information content (AvgIpc) is 2.77. The molecule has 0 N–H and O–H groups in total. The Bertz CT molecular complexity index is 534. The van der Waals surface area contributed by atoms with E-state index < -0.39 is 0 Å². The molecule has 2 rings (SSSR count). The fourth-order valence-electron chi connectivity index (χ4n) is 1.69. The SMILES string of the molecule is CCCn1nccc1C(=O)c1cccc(Br)c1. The molecule has 0 atom stereocenters. The molecule has 0 bridgehead atoms. The quantitative estimate of drug-likeness (QED) is 0.811.